The first-order chi connectivity index (χ1) is 21.6. The fraction of sp³-hybridized carbons (Fsp3) is 0.400. The number of aliphatic hydroxyl groups excluding tert-OH is 1. The molecule has 1 fully saturated rings. The van der Waals surface area contributed by atoms with Crippen LogP contribution in [0.2, 0.25) is 0 Å². The summed E-state index contributed by atoms with van der Waals surface area (Å²) in [5, 5.41) is 17.9. The molecule has 4 aromatic rings. The van der Waals surface area contributed by atoms with E-state index in [1.54, 1.807) is 7.11 Å². The summed E-state index contributed by atoms with van der Waals surface area (Å²) in [6, 6.07) is 22.9. The molecule has 1 N–H and O–H groups in total. The number of aromatic nitrogens is 3. The molecule has 3 aromatic carbocycles. The van der Waals surface area contributed by atoms with Crippen molar-refractivity contribution >= 4 is 56.8 Å². The summed E-state index contributed by atoms with van der Waals surface area (Å²) in [6.45, 7) is 7.81. The van der Waals surface area contributed by atoms with Gasteiger partial charge in [-0.2, -0.15) is 0 Å². The highest BCUT2D eigenvalue weighted by atomic mass is 127. The van der Waals surface area contributed by atoms with Crippen LogP contribution in [0.25, 0.3) is 0 Å². The molecule has 1 saturated heterocycles. The number of methoxy groups -OCH3 is 1. The molecule has 10 heteroatoms. The number of carbonyl (C=O) groups is 1. The van der Waals surface area contributed by atoms with E-state index in [9.17, 15) is 9.90 Å². The van der Waals surface area contributed by atoms with E-state index in [1.165, 1.54) is 5.56 Å². The minimum atomic E-state index is -1.12. The summed E-state index contributed by atoms with van der Waals surface area (Å²) in [6.07, 6.45) is 2.76. The molecule has 0 bridgehead atoms. The van der Waals surface area contributed by atoms with Crippen LogP contribution in [-0.4, -0.2) is 45.8 Å². The zero-order valence-corrected chi connectivity index (χ0v) is 30.2. The Morgan fingerprint density at radius 1 is 1.04 bits per heavy atom. The van der Waals surface area contributed by atoms with Crippen molar-refractivity contribution in [1.29, 1.82) is 0 Å². The number of amides is 1. The molecule has 2 aliphatic rings. The number of hydrogen-bond acceptors (Lipinski definition) is 6. The summed E-state index contributed by atoms with van der Waals surface area (Å²) < 4.78 is 16.7. The number of nitrogens with zero attached hydrogens (tertiary/aromatic N) is 4. The summed E-state index contributed by atoms with van der Waals surface area (Å²) >= 11 is 4.64. The van der Waals surface area contributed by atoms with Crippen LogP contribution in [0.3, 0.4) is 0 Å². The van der Waals surface area contributed by atoms with Gasteiger partial charge in [-0.3, -0.25) is 9.48 Å². The van der Waals surface area contributed by atoms with Gasteiger partial charge in [0.05, 0.1) is 31.1 Å². The van der Waals surface area contributed by atoms with Crippen LogP contribution >= 0.6 is 45.2 Å². The average molecular weight is 833 g/mol. The SMILES string of the molecule is COc1ccc(C(C)(C)[C@H]2[C@H](CCn3cc(CCO)nn3)O[C@@]3(C(=O)N(Cc4ccc(I)cc4)c4ccc(I)cc43)[C@@H]2C)cc1. The van der Waals surface area contributed by atoms with E-state index in [2.05, 4.69) is 131 Å². The summed E-state index contributed by atoms with van der Waals surface area (Å²) in [4.78, 5) is 16.8. The lowest BCUT2D eigenvalue weighted by molar-refractivity contribution is -0.146. The second-order valence-electron chi connectivity index (χ2n) is 12.6. The number of rotatable bonds is 10. The second-order valence-corrected chi connectivity index (χ2v) is 15.1. The van der Waals surface area contributed by atoms with Gasteiger partial charge in [-0.05, 0) is 111 Å². The van der Waals surface area contributed by atoms with E-state index in [-0.39, 0.29) is 35.9 Å². The molecule has 6 rings (SSSR count). The lowest BCUT2D eigenvalue weighted by atomic mass is 9.63. The van der Waals surface area contributed by atoms with Gasteiger partial charge in [-0.15, -0.1) is 5.10 Å². The molecule has 4 atom stereocenters. The third-order valence-corrected chi connectivity index (χ3v) is 11.0. The number of ether oxygens (including phenoxy) is 2. The molecule has 0 saturated carbocycles. The number of carbonyl (C=O) groups excluding carboxylic acids is 1. The van der Waals surface area contributed by atoms with E-state index in [1.807, 2.05) is 27.9 Å². The normalized spacial score (nSPS) is 22.8. The second kappa shape index (κ2) is 12.9. The van der Waals surface area contributed by atoms with E-state index in [0.717, 1.165) is 35.4 Å². The zero-order valence-electron chi connectivity index (χ0n) is 25.9. The minimum absolute atomic E-state index is 0.000695. The van der Waals surface area contributed by atoms with Crippen molar-refractivity contribution in [2.75, 3.05) is 18.6 Å². The molecule has 0 unspecified atom stereocenters. The number of benzene rings is 3. The molecule has 236 valence electrons. The van der Waals surface area contributed by atoms with Crippen molar-refractivity contribution in [3.63, 3.8) is 0 Å². The van der Waals surface area contributed by atoms with Gasteiger partial charge < -0.3 is 19.5 Å². The Hall–Kier alpha value is -2.55. The molecule has 1 spiro atoms. The monoisotopic (exact) mass is 832 g/mol. The Morgan fingerprint density at radius 3 is 2.44 bits per heavy atom. The molecular formula is C35H38I2N4O4. The fourth-order valence-corrected chi connectivity index (χ4v) is 8.27. The first kappa shape index (κ1) is 32.4. The van der Waals surface area contributed by atoms with E-state index >= 15 is 0 Å². The molecular weight excluding hydrogens is 794 g/mol. The predicted octanol–water partition coefficient (Wildman–Crippen LogP) is 6.49. The molecule has 3 heterocycles. The Labute approximate surface area is 291 Å². The Morgan fingerprint density at radius 2 is 1.76 bits per heavy atom. The molecule has 1 amide bonds. The molecule has 0 aliphatic carbocycles. The van der Waals surface area contributed by atoms with Crippen LogP contribution in [0.5, 0.6) is 5.75 Å². The van der Waals surface area contributed by atoms with Gasteiger partial charge >= 0.3 is 0 Å². The third kappa shape index (κ3) is 5.91. The molecule has 1 aromatic heterocycles. The first-order valence-corrected chi connectivity index (χ1v) is 17.4. The highest BCUT2D eigenvalue weighted by molar-refractivity contribution is 14.1. The quantitative estimate of drug-likeness (QED) is 0.184. The van der Waals surface area contributed by atoms with E-state index in [4.69, 9.17) is 9.47 Å². The van der Waals surface area contributed by atoms with Crippen molar-refractivity contribution in [1.82, 2.24) is 15.0 Å². The summed E-state index contributed by atoms with van der Waals surface area (Å²) in [5.41, 5.74) is 3.40. The standard InChI is InChI=1S/C35H38I2N4O4/c1-22-32(34(2,3)24-7-12-28(44-4)13-8-24)31(15-17-40-21-27(16-18-42)38-39-40)45-35(22)29-19-26(37)11-14-30(29)41(33(35)43)20-23-5-9-25(36)10-6-23/h5-14,19,21-22,31-32,42H,15-18,20H2,1-4H3/t22-,31+,32-,35+/m1/s1. The van der Waals surface area contributed by atoms with Crippen LogP contribution in [0.1, 0.15) is 49.6 Å². The van der Waals surface area contributed by atoms with Crippen molar-refractivity contribution in [2.45, 2.75) is 63.8 Å². The fourth-order valence-electron chi connectivity index (χ4n) is 7.42. The van der Waals surface area contributed by atoms with Gasteiger partial charge in [0.15, 0.2) is 5.60 Å². The molecule has 45 heavy (non-hydrogen) atoms. The number of aliphatic hydroxyl groups is 1. The van der Waals surface area contributed by atoms with Crippen molar-refractivity contribution in [2.24, 2.45) is 11.8 Å². The Bertz CT molecular complexity index is 1670. The topological polar surface area (TPSA) is 89.7 Å². The predicted molar refractivity (Wildman–Crippen MR) is 190 cm³/mol. The van der Waals surface area contributed by atoms with Crippen LogP contribution in [0, 0.1) is 19.0 Å². The van der Waals surface area contributed by atoms with Crippen molar-refractivity contribution < 1.29 is 19.4 Å². The maximum absolute atomic E-state index is 14.9. The summed E-state index contributed by atoms with van der Waals surface area (Å²) in [7, 11) is 1.68. The van der Waals surface area contributed by atoms with Gasteiger partial charge in [-0.1, -0.05) is 50.3 Å². The number of hydrogen-bond donors (Lipinski definition) is 1. The maximum Gasteiger partial charge on any atom is 0.264 e. The van der Waals surface area contributed by atoms with Crippen molar-refractivity contribution in [3.8, 4) is 5.75 Å². The smallest absolute Gasteiger partial charge is 0.264 e. The molecule has 2 aliphatic heterocycles. The van der Waals surface area contributed by atoms with E-state index in [0.29, 0.717) is 25.9 Å². The van der Waals surface area contributed by atoms with Crippen LogP contribution in [0.4, 0.5) is 5.69 Å². The lowest BCUT2D eigenvalue weighted by Crippen LogP contribution is -2.45. The van der Waals surface area contributed by atoms with Crippen molar-refractivity contribution in [3.05, 3.63) is 102 Å². The Balaban J connectivity index is 1.41. The third-order valence-electron chi connectivity index (χ3n) is 9.65. The van der Waals surface area contributed by atoms with Gasteiger partial charge in [0, 0.05) is 50.3 Å². The highest BCUT2D eigenvalue weighted by Gasteiger charge is 2.65. The number of fused-ring (bicyclic) bond motifs is 2. The van der Waals surface area contributed by atoms with E-state index < -0.39 is 5.60 Å². The number of halogens is 2. The van der Waals surface area contributed by atoms with Gasteiger partial charge in [-0.25, -0.2) is 0 Å². The van der Waals surface area contributed by atoms with Gasteiger partial charge in [0.2, 0.25) is 0 Å². The highest BCUT2D eigenvalue weighted by Crippen LogP contribution is 2.60. The lowest BCUT2D eigenvalue weighted by Gasteiger charge is -2.38. The Kier molecular flexibility index (Phi) is 9.30. The van der Waals surface area contributed by atoms with Crippen LogP contribution < -0.4 is 9.64 Å². The first-order valence-electron chi connectivity index (χ1n) is 15.3. The molecule has 8 nitrogen and oxygen atoms in total. The van der Waals surface area contributed by atoms with Gasteiger partial charge in [0.1, 0.15) is 5.75 Å². The summed E-state index contributed by atoms with van der Waals surface area (Å²) in [5.74, 6) is 0.671. The van der Waals surface area contributed by atoms with Crippen LogP contribution in [-0.2, 0) is 40.1 Å². The largest absolute Gasteiger partial charge is 0.497 e. The minimum Gasteiger partial charge on any atom is -0.497 e. The van der Waals surface area contributed by atoms with Gasteiger partial charge in [0.25, 0.3) is 5.91 Å². The zero-order chi connectivity index (χ0) is 31.9. The number of aryl methyl sites for hydroxylation is 1. The van der Waals surface area contributed by atoms with Crippen LogP contribution in [0.15, 0.2) is 72.9 Å². The molecule has 0 radical (unpaired) electrons. The maximum atomic E-state index is 14.9. The average Bonchev–Trinajstić information content (AvgIpc) is 3.67. The number of anilines is 1.